The van der Waals surface area contributed by atoms with Crippen molar-refractivity contribution in [1.82, 2.24) is 4.57 Å². The van der Waals surface area contributed by atoms with E-state index in [4.69, 9.17) is 14.2 Å². The third-order valence-corrected chi connectivity index (χ3v) is 8.06. The van der Waals surface area contributed by atoms with Gasteiger partial charge in [0.1, 0.15) is 4.53 Å². The van der Waals surface area contributed by atoms with Crippen molar-refractivity contribution in [2.24, 2.45) is 4.99 Å². The van der Waals surface area contributed by atoms with E-state index in [0.29, 0.717) is 39.7 Å². The number of methoxy groups -OCH3 is 3. The van der Waals surface area contributed by atoms with Crippen LogP contribution < -0.4 is 29.3 Å². The first-order valence-electron chi connectivity index (χ1n) is 12.6. The van der Waals surface area contributed by atoms with Gasteiger partial charge in [0, 0.05) is 12.1 Å². The second-order valence-electron chi connectivity index (χ2n) is 9.21. The summed E-state index contributed by atoms with van der Waals surface area (Å²) in [6.45, 7) is 4.35. The maximum absolute atomic E-state index is 14.2. The SMILES string of the molecule is CCCCN1C(=O)/C(=c2\sc3n(c2=O)C(c2ccc(OC)c(OC)c2)C(C(=O)OC)=C(C)N=3)c2ccccc21. The number of benzene rings is 2. The summed E-state index contributed by atoms with van der Waals surface area (Å²) in [7, 11) is 4.34. The molecule has 39 heavy (non-hydrogen) atoms. The second kappa shape index (κ2) is 10.5. The third-order valence-electron chi connectivity index (χ3n) is 7.01. The molecule has 2 aromatic carbocycles. The highest BCUT2D eigenvalue weighted by Crippen LogP contribution is 2.37. The first kappa shape index (κ1) is 26.4. The van der Waals surface area contributed by atoms with Crippen molar-refractivity contribution in [3.05, 3.63) is 84.5 Å². The molecule has 1 unspecified atom stereocenters. The summed E-state index contributed by atoms with van der Waals surface area (Å²) in [5.41, 5.74) is 2.75. The standard InChI is InChI=1S/C29H29N3O6S/c1-6-7-14-31-19-11-9-8-10-18(19)23(26(31)33)25-27(34)32-24(17-12-13-20(36-3)21(15-17)37-4)22(28(35)38-5)16(2)30-29(32)39-25/h8-13,15,24H,6-7,14H2,1-5H3/b25-23-. The fraction of sp³-hybridized carbons (Fsp3) is 0.310. The van der Waals surface area contributed by atoms with Crippen molar-refractivity contribution in [2.45, 2.75) is 32.7 Å². The predicted molar refractivity (Wildman–Crippen MR) is 148 cm³/mol. The number of esters is 1. The Labute approximate surface area is 229 Å². The fourth-order valence-electron chi connectivity index (χ4n) is 5.12. The number of aromatic nitrogens is 1. The van der Waals surface area contributed by atoms with Crippen molar-refractivity contribution in [1.29, 1.82) is 0 Å². The molecule has 0 spiro atoms. The number of hydrogen-bond acceptors (Lipinski definition) is 8. The summed E-state index contributed by atoms with van der Waals surface area (Å²) in [6.07, 6.45) is 1.78. The average Bonchev–Trinajstić information content (AvgIpc) is 3.42. The zero-order valence-electron chi connectivity index (χ0n) is 22.4. The van der Waals surface area contributed by atoms with Crippen LogP contribution in [0.3, 0.4) is 0 Å². The zero-order valence-corrected chi connectivity index (χ0v) is 23.3. The highest BCUT2D eigenvalue weighted by molar-refractivity contribution is 7.07. The number of nitrogens with zero attached hydrogens (tertiary/aromatic N) is 3. The molecule has 0 N–H and O–H groups in total. The molecule has 2 aliphatic heterocycles. The second-order valence-corrected chi connectivity index (χ2v) is 10.2. The van der Waals surface area contributed by atoms with Gasteiger partial charge < -0.3 is 19.1 Å². The molecule has 0 saturated heterocycles. The lowest BCUT2D eigenvalue weighted by molar-refractivity contribution is -0.136. The van der Waals surface area contributed by atoms with Crippen LogP contribution in [0.15, 0.2) is 63.5 Å². The molecule has 0 saturated carbocycles. The molecule has 2 aliphatic rings. The van der Waals surface area contributed by atoms with Crippen LogP contribution in [-0.2, 0) is 14.3 Å². The molecule has 0 radical (unpaired) electrons. The van der Waals surface area contributed by atoms with Crippen molar-refractivity contribution < 1.29 is 23.8 Å². The van der Waals surface area contributed by atoms with E-state index in [1.807, 2.05) is 24.3 Å². The van der Waals surface area contributed by atoms with Crippen LogP contribution in [0.2, 0.25) is 0 Å². The summed E-state index contributed by atoms with van der Waals surface area (Å²) >= 11 is 1.15. The Kier molecular flexibility index (Phi) is 7.14. The highest BCUT2D eigenvalue weighted by atomic mass is 32.1. The summed E-state index contributed by atoms with van der Waals surface area (Å²) in [4.78, 5) is 47.7. The Morgan fingerprint density at radius 1 is 1.05 bits per heavy atom. The number of rotatable bonds is 7. The maximum atomic E-state index is 14.2. The van der Waals surface area contributed by atoms with Crippen molar-refractivity contribution in [3.8, 4) is 11.5 Å². The van der Waals surface area contributed by atoms with Crippen LogP contribution in [0.1, 0.15) is 43.9 Å². The number of fused-ring (bicyclic) bond motifs is 2. The number of ether oxygens (including phenoxy) is 3. The first-order valence-corrected chi connectivity index (χ1v) is 13.4. The predicted octanol–water partition coefficient (Wildman–Crippen LogP) is 2.94. The Hall–Kier alpha value is -4.18. The Bertz CT molecular complexity index is 1700. The minimum atomic E-state index is -0.842. The Morgan fingerprint density at radius 2 is 1.79 bits per heavy atom. The lowest BCUT2D eigenvalue weighted by Crippen LogP contribution is -2.41. The number of carbonyl (C=O) groups is 2. The van der Waals surface area contributed by atoms with Gasteiger partial charge in [0.15, 0.2) is 16.3 Å². The molecular weight excluding hydrogens is 518 g/mol. The van der Waals surface area contributed by atoms with E-state index < -0.39 is 17.6 Å². The molecule has 202 valence electrons. The van der Waals surface area contributed by atoms with E-state index in [-0.39, 0.29) is 16.0 Å². The van der Waals surface area contributed by atoms with Gasteiger partial charge in [-0.25, -0.2) is 9.79 Å². The summed E-state index contributed by atoms with van der Waals surface area (Å²) < 4.78 is 17.7. The lowest BCUT2D eigenvalue weighted by Gasteiger charge is -2.25. The molecule has 10 heteroatoms. The smallest absolute Gasteiger partial charge is 0.338 e. The first-order chi connectivity index (χ1) is 18.9. The van der Waals surface area contributed by atoms with Gasteiger partial charge in [0.05, 0.1) is 49.9 Å². The Balaban J connectivity index is 1.80. The van der Waals surface area contributed by atoms with E-state index in [9.17, 15) is 14.4 Å². The zero-order chi connectivity index (χ0) is 27.8. The molecule has 0 aliphatic carbocycles. The number of amides is 1. The van der Waals surface area contributed by atoms with E-state index in [1.165, 1.54) is 25.9 Å². The maximum Gasteiger partial charge on any atom is 0.338 e. The number of allylic oxidation sites excluding steroid dienone is 1. The van der Waals surface area contributed by atoms with Crippen LogP contribution in [0, 0.1) is 0 Å². The number of anilines is 1. The van der Waals surface area contributed by atoms with Crippen LogP contribution in [0.4, 0.5) is 5.69 Å². The van der Waals surface area contributed by atoms with Gasteiger partial charge in [-0.1, -0.05) is 48.9 Å². The molecule has 3 aromatic rings. The van der Waals surface area contributed by atoms with Crippen LogP contribution in [0.5, 0.6) is 11.5 Å². The molecule has 1 aromatic heterocycles. The van der Waals surface area contributed by atoms with Gasteiger partial charge in [-0.15, -0.1) is 0 Å². The minimum absolute atomic E-state index is 0.207. The lowest BCUT2D eigenvalue weighted by atomic mass is 9.95. The van der Waals surface area contributed by atoms with Gasteiger partial charge >= 0.3 is 5.97 Å². The summed E-state index contributed by atoms with van der Waals surface area (Å²) in [5, 5.41) is 0. The largest absolute Gasteiger partial charge is 0.493 e. The Morgan fingerprint density at radius 3 is 2.49 bits per heavy atom. The third kappa shape index (κ3) is 4.24. The number of carbonyl (C=O) groups excluding carboxylic acids is 2. The van der Waals surface area contributed by atoms with E-state index in [2.05, 4.69) is 11.9 Å². The fourth-order valence-corrected chi connectivity index (χ4v) is 6.26. The van der Waals surface area contributed by atoms with Gasteiger partial charge in [-0.3, -0.25) is 14.2 Å². The van der Waals surface area contributed by atoms with Crippen LogP contribution >= 0.6 is 11.3 Å². The molecule has 0 fully saturated rings. The van der Waals surface area contributed by atoms with Crippen LogP contribution in [-0.4, -0.2) is 44.3 Å². The number of hydrogen-bond donors (Lipinski definition) is 0. The monoisotopic (exact) mass is 547 g/mol. The van der Waals surface area contributed by atoms with Crippen molar-refractivity contribution in [3.63, 3.8) is 0 Å². The highest BCUT2D eigenvalue weighted by Gasteiger charge is 2.37. The molecular formula is C29H29N3O6S. The van der Waals surface area contributed by atoms with E-state index >= 15 is 0 Å². The van der Waals surface area contributed by atoms with E-state index in [1.54, 1.807) is 30.0 Å². The van der Waals surface area contributed by atoms with Crippen molar-refractivity contribution in [2.75, 3.05) is 32.8 Å². The average molecular weight is 548 g/mol. The number of unbranched alkanes of at least 4 members (excludes halogenated alkanes) is 1. The number of para-hydroxylation sites is 1. The minimum Gasteiger partial charge on any atom is -0.493 e. The van der Waals surface area contributed by atoms with Gasteiger partial charge in [0.25, 0.3) is 11.5 Å². The molecule has 1 amide bonds. The van der Waals surface area contributed by atoms with Gasteiger partial charge in [-0.05, 0) is 37.1 Å². The van der Waals surface area contributed by atoms with Gasteiger partial charge in [-0.2, -0.15) is 0 Å². The van der Waals surface area contributed by atoms with Crippen molar-refractivity contribution >= 4 is 34.5 Å². The number of thiazole rings is 1. The van der Waals surface area contributed by atoms with E-state index in [0.717, 1.165) is 35.4 Å². The summed E-state index contributed by atoms with van der Waals surface area (Å²) in [6, 6.07) is 11.9. The molecule has 9 nitrogen and oxygen atoms in total. The molecule has 3 heterocycles. The molecule has 1 atom stereocenters. The normalized spacial score (nSPS) is 17.5. The van der Waals surface area contributed by atoms with Crippen LogP contribution in [0.25, 0.3) is 5.57 Å². The topological polar surface area (TPSA) is 99.4 Å². The summed E-state index contributed by atoms with van der Waals surface area (Å²) in [5.74, 6) is 0.158. The van der Waals surface area contributed by atoms with Gasteiger partial charge in [0.2, 0.25) is 0 Å². The molecule has 5 rings (SSSR count). The molecule has 0 bridgehead atoms. The quantitative estimate of drug-likeness (QED) is 0.422.